The molecule has 0 bridgehead atoms. The van der Waals surface area contributed by atoms with Gasteiger partial charge in [0.25, 0.3) is 5.91 Å². The second kappa shape index (κ2) is 9.03. The second-order valence-corrected chi connectivity index (χ2v) is 11.1. The Morgan fingerprint density at radius 2 is 1.65 bits per heavy atom. The fraction of sp³-hybridized carbons (Fsp3) is 0.333. The van der Waals surface area contributed by atoms with Crippen LogP contribution in [0.1, 0.15) is 36.0 Å². The number of amides is 1. The van der Waals surface area contributed by atoms with Crippen molar-refractivity contribution < 1.29 is 13.2 Å². The van der Waals surface area contributed by atoms with Crippen LogP contribution in [0.2, 0.25) is 10.0 Å². The normalized spacial score (nSPS) is 16.5. The molecule has 0 atom stereocenters. The Balaban J connectivity index is 1.63. The van der Waals surface area contributed by atoms with Crippen LogP contribution in [0.25, 0.3) is 10.2 Å². The molecule has 1 amide bonds. The zero-order valence-electron chi connectivity index (χ0n) is 16.8. The molecular formula is C21H21Cl2N3O3S2. The Hall–Kier alpha value is -1.71. The molecule has 1 aromatic heterocycles. The highest BCUT2D eigenvalue weighted by Gasteiger charge is 2.25. The van der Waals surface area contributed by atoms with E-state index in [4.69, 9.17) is 23.2 Å². The first-order valence-electron chi connectivity index (χ1n) is 9.92. The average molecular weight is 498 g/mol. The molecule has 164 valence electrons. The van der Waals surface area contributed by atoms with E-state index >= 15 is 0 Å². The summed E-state index contributed by atoms with van der Waals surface area (Å²) >= 11 is 13.7. The molecule has 3 aromatic rings. The molecule has 0 spiro atoms. The van der Waals surface area contributed by atoms with Crippen LogP contribution in [-0.2, 0) is 17.1 Å². The van der Waals surface area contributed by atoms with E-state index in [1.54, 1.807) is 17.7 Å². The smallest absolute Gasteiger partial charge is 0.279 e. The predicted molar refractivity (Wildman–Crippen MR) is 124 cm³/mol. The number of benzene rings is 2. The number of fused-ring (bicyclic) bond motifs is 1. The van der Waals surface area contributed by atoms with Gasteiger partial charge in [-0.2, -0.15) is 9.30 Å². The van der Waals surface area contributed by atoms with E-state index in [0.717, 1.165) is 30.4 Å². The molecule has 1 aliphatic heterocycles. The van der Waals surface area contributed by atoms with E-state index in [-0.39, 0.29) is 4.90 Å². The number of carbonyl (C=O) groups excluding carboxylic acids is 1. The van der Waals surface area contributed by atoms with Crippen LogP contribution in [0.5, 0.6) is 0 Å². The number of rotatable bonds is 3. The lowest BCUT2D eigenvalue weighted by atomic mass is 10.2. The summed E-state index contributed by atoms with van der Waals surface area (Å²) in [5, 5.41) is 0.844. The van der Waals surface area contributed by atoms with Crippen LogP contribution in [-0.4, -0.2) is 36.3 Å². The molecule has 1 saturated heterocycles. The molecule has 0 unspecified atom stereocenters. The number of halogens is 2. The molecule has 0 saturated carbocycles. The van der Waals surface area contributed by atoms with E-state index < -0.39 is 15.9 Å². The van der Waals surface area contributed by atoms with Crippen LogP contribution < -0.4 is 4.80 Å². The Labute approximate surface area is 194 Å². The molecule has 1 aliphatic rings. The number of thiazole rings is 1. The van der Waals surface area contributed by atoms with E-state index in [2.05, 4.69) is 4.99 Å². The van der Waals surface area contributed by atoms with Gasteiger partial charge in [-0.05, 0) is 49.2 Å². The summed E-state index contributed by atoms with van der Waals surface area (Å²) in [4.78, 5) is 17.6. The van der Waals surface area contributed by atoms with Gasteiger partial charge in [-0.3, -0.25) is 4.79 Å². The van der Waals surface area contributed by atoms with Crippen molar-refractivity contribution in [1.82, 2.24) is 8.87 Å². The molecule has 0 N–H and O–H groups in total. The summed E-state index contributed by atoms with van der Waals surface area (Å²) in [5.41, 5.74) is 1.03. The minimum Gasteiger partial charge on any atom is -0.318 e. The zero-order chi connectivity index (χ0) is 22.2. The molecule has 2 heterocycles. The number of carbonyl (C=O) groups is 1. The molecule has 10 heteroatoms. The highest BCUT2D eigenvalue weighted by atomic mass is 35.5. The molecule has 0 radical (unpaired) electrons. The number of aromatic nitrogens is 1. The number of sulfonamides is 1. The van der Waals surface area contributed by atoms with Gasteiger partial charge in [-0.1, -0.05) is 47.4 Å². The zero-order valence-corrected chi connectivity index (χ0v) is 20.0. The maximum atomic E-state index is 12.9. The van der Waals surface area contributed by atoms with E-state index in [9.17, 15) is 13.2 Å². The Bertz CT molecular complexity index is 1300. The van der Waals surface area contributed by atoms with Gasteiger partial charge in [-0.15, -0.1) is 0 Å². The predicted octanol–water partition coefficient (Wildman–Crippen LogP) is 4.85. The van der Waals surface area contributed by atoms with Crippen molar-refractivity contribution >= 4 is 60.7 Å². The summed E-state index contributed by atoms with van der Waals surface area (Å²) in [7, 11) is -1.79. The maximum Gasteiger partial charge on any atom is 0.279 e. The van der Waals surface area contributed by atoms with Gasteiger partial charge in [0.1, 0.15) is 0 Å². The molecular weight excluding hydrogens is 477 g/mol. The van der Waals surface area contributed by atoms with E-state index in [0.29, 0.717) is 39.0 Å². The van der Waals surface area contributed by atoms with Gasteiger partial charge >= 0.3 is 0 Å². The van der Waals surface area contributed by atoms with Crippen molar-refractivity contribution in [3.8, 4) is 0 Å². The monoisotopic (exact) mass is 497 g/mol. The topological polar surface area (TPSA) is 71.7 Å². The molecule has 31 heavy (non-hydrogen) atoms. The third-order valence-corrected chi connectivity index (χ3v) is 9.16. The second-order valence-electron chi connectivity index (χ2n) is 7.41. The van der Waals surface area contributed by atoms with Crippen LogP contribution in [0.3, 0.4) is 0 Å². The lowest BCUT2D eigenvalue weighted by molar-refractivity contribution is 0.0998. The fourth-order valence-electron chi connectivity index (χ4n) is 3.63. The average Bonchev–Trinajstić information content (AvgIpc) is 2.93. The summed E-state index contributed by atoms with van der Waals surface area (Å²) in [6, 6.07) is 9.51. The highest BCUT2D eigenvalue weighted by molar-refractivity contribution is 7.89. The van der Waals surface area contributed by atoms with Gasteiger partial charge in [0.2, 0.25) is 10.0 Å². The van der Waals surface area contributed by atoms with Crippen molar-refractivity contribution in [1.29, 1.82) is 0 Å². The van der Waals surface area contributed by atoms with Gasteiger partial charge < -0.3 is 4.57 Å². The van der Waals surface area contributed by atoms with Crippen molar-refractivity contribution in [3.05, 3.63) is 56.8 Å². The Kier molecular flexibility index (Phi) is 6.55. The number of aryl methyl sites for hydroxylation is 1. The number of hydrogen-bond donors (Lipinski definition) is 0. The number of hydrogen-bond acceptors (Lipinski definition) is 4. The van der Waals surface area contributed by atoms with Crippen molar-refractivity contribution in [2.24, 2.45) is 12.0 Å². The lowest BCUT2D eigenvalue weighted by Crippen LogP contribution is -2.31. The maximum absolute atomic E-state index is 12.9. The first kappa shape index (κ1) is 22.5. The van der Waals surface area contributed by atoms with Crippen molar-refractivity contribution in [3.63, 3.8) is 0 Å². The van der Waals surface area contributed by atoms with Gasteiger partial charge in [-0.25, -0.2) is 8.42 Å². The third kappa shape index (κ3) is 4.45. The molecule has 0 aliphatic carbocycles. The van der Waals surface area contributed by atoms with Crippen molar-refractivity contribution in [2.45, 2.75) is 30.6 Å². The highest BCUT2D eigenvalue weighted by Crippen LogP contribution is 2.31. The lowest BCUT2D eigenvalue weighted by Gasteiger charge is -2.19. The van der Waals surface area contributed by atoms with Crippen LogP contribution in [0, 0.1) is 0 Å². The molecule has 1 fully saturated rings. The largest absolute Gasteiger partial charge is 0.318 e. The van der Waals surface area contributed by atoms with E-state index in [1.165, 1.54) is 39.9 Å². The van der Waals surface area contributed by atoms with Gasteiger partial charge in [0, 0.05) is 25.7 Å². The summed E-state index contributed by atoms with van der Waals surface area (Å²) in [6.07, 6.45) is 3.84. The summed E-state index contributed by atoms with van der Waals surface area (Å²) < 4.78 is 29.9. The Morgan fingerprint density at radius 3 is 2.29 bits per heavy atom. The standard InChI is InChI=1S/C21H21Cl2N3O3S2/c1-25-19-17(11-10-16(22)18(19)23)30-21(25)24-20(27)14-6-8-15(9-7-14)31(28,29)26-12-4-2-3-5-13-26/h6-11H,2-5,12-13H2,1H3. The van der Waals surface area contributed by atoms with E-state index in [1.807, 2.05) is 6.07 Å². The first-order chi connectivity index (χ1) is 14.8. The fourth-order valence-corrected chi connectivity index (χ4v) is 6.67. The van der Waals surface area contributed by atoms with Crippen molar-refractivity contribution in [2.75, 3.05) is 13.1 Å². The van der Waals surface area contributed by atoms with Crippen LogP contribution in [0.4, 0.5) is 0 Å². The molecule has 6 nitrogen and oxygen atoms in total. The summed E-state index contributed by atoms with van der Waals surface area (Å²) in [5.74, 6) is -0.455. The quantitative estimate of drug-likeness (QED) is 0.518. The number of nitrogens with zero attached hydrogens (tertiary/aromatic N) is 3. The summed E-state index contributed by atoms with van der Waals surface area (Å²) in [6.45, 7) is 1.07. The first-order valence-corrected chi connectivity index (χ1v) is 12.9. The van der Waals surface area contributed by atoms with Gasteiger partial charge in [0.15, 0.2) is 4.80 Å². The molecule has 4 rings (SSSR count). The minimum absolute atomic E-state index is 0.194. The van der Waals surface area contributed by atoms with Crippen LogP contribution >= 0.6 is 34.5 Å². The molecule has 2 aromatic carbocycles. The third-order valence-electron chi connectivity index (χ3n) is 5.36. The Morgan fingerprint density at radius 1 is 1.00 bits per heavy atom. The van der Waals surface area contributed by atoms with Gasteiger partial charge in [0.05, 0.1) is 25.2 Å². The SMILES string of the molecule is Cn1c(=NC(=O)c2ccc(S(=O)(=O)N3CCCCCC3)cc2)sc2ccc(Cl)c(Cl)c21. The van der Waals surface area contributed by atoms with Crippen LogP contribution in [0.15, 0.2) is 46.3 Å². The minimum atomic E-state index is -3.56.